The number of carbonyl (C=O) groups is 1. The van der Waals surface area contributed by atoms with Crippen LogP contribution in [0.3, 0.4) is 0 Å². The zero-order chi connectivity index (χ0) is 25.8. The van der Waals surface area contributed by atoms with Crippen molar-refractivity contribution in [3.63, 3.8) is 0 Å². The average Bonchev–Trinajstić information content (AvgIpc) is 3.62. The summed E-state index contributed by atoms with van der Waals surface area (Å²) in [7, 11) is 0. The number of rotatable bonds is 10. The molecule has 2 atom stereocenters. The minimum Gasteiger partial charge on any atom is -0.306 e. The van der Waals surface area contributed by atoms with Gasteiger partial charge < -0.3 is 10.2 Å². The fourth-order valence-electron chi connectivity index (χ4n) is 5.31. The first-order chi connectivity index (χ1) is 18.0. The highest BCUT2D eigenvalue weighted by molar-refractivity contribution is 6.07. The molecule has 0 spiro atoms. The van der Waals surface area contributed by atoms with Gasteiger partial charge in [0.15, 0.2) is 11.5 Å². The van der Waals surface area contributed by atoms with Gasteiger partial charge in [0.2, 0.25) is 0 Å². The van der Waals surface area contributed by atoms with E-state index >= 15 is 0 Å². The molecule has 1 N–H and O–H groups in total. The molecule has 9 heteroatoms. The van der Waals surface area contributed by atoms with Crippen LogP contribution >= 0.6 is 0 Å². The monoisotopic (exact) mass is 500 g/mol. The van der Waals surface area contributed by atoms with E-state index in [4.69, 9.17) is 5.10 Å². The summed E-state index contributed by atoms with van der Waals surface area (Å²) in [6.07, 6.45) is 13.8. The SMILES string of the molecule is CCCN(CCCc1cc(NC(=O)c2cnn3cccnc23)n(-c2ccc(C)cn2)n1)C1CC[C@H](C)C1. The third-order valence-electron chi connectivity index (χ3n) is 7.21. The molecule has 1 fully saturated rings. The molecule has 4 aromatic heterocycles. The summed E-state index contributed by atoms with van der Waals surface area (Å²) in [4.78, 5) is 24.7. The fourth-order valence-corrected chi connectivity index (χ4v) is 5.31. The summed E-state index contributed by atoms with van der Waals surface area (Å²) < 4.78 is 3.31. The van der Waals surface area contributed by atoms with Crippen molar-refractivity contribution in [3.8, 4) is 5.82 Å². The second-order valence-electron chi connectivity index (χ2n) is 10.2. The summed E-state index contributed by atoms with van der Waals surface area (Å²) in [5, 5.41) is 12.1. The maximum absolute atomic E-state index is 13.2. The smallest absolute Gasteiger partial charge is 0.262 e. The summed E-state index contributed by atoms with van der Waals surface area (Å²) in [6.45, 7) is 8.84. The predicted molar refractivity (Wildman–Crippen MR) is 144 cm³/mol. The highest BCUT2D eigenvalue weighted by atomic mass is 16.1. The van der Waals surface area contributed by atoms with E-state index in [9.17, 15) is 4.79 Å². The van der Waals surface area contributed by atoms with Crippen LogP contribution in [-0.4, -0.2) is 59.3 Å². The maximum Gasteiger partial charge on any atom is 0.262 e. The van der Waals surface area contributed by atoms with Crippen LogP contribution in [0.2, 0.25) is 0 Å². The van der Waals surface area contributed by atoms with E-state index in [2.05, 4.69) is 39.1 Å². The van der Waals surface area contributed by atoms with Gasteiger partial charge >= 0.3 is 0 Å². The van der Waals surface area contributed by atoms with Gasteiger partial charge in [0, 0.05) is 30.7 Å². The zero-order valence-electron chi connectivity index (χ0n) is 22.0. The Balaban J connectivity index is 1.34. The molecular formula is C28H36N8O. The van der Waals surface area contributed by atoms with Gasteiger partial charge in [-0.2, -0.15) is 14.9 Å². The molecule has 37 heavy (non-hydrogen) atoms. The Labute approximate surface area is 217 Å². The Bertz CT molecular complexity index is 1340. The molecule has 0 bridgehead atoms. The normalized spacial score (nSPS) is 17.6. The quantitative estimate of drug-likeness (QED) is 0.339. The number of fused-ring (bicyclic) bond motifs is 1. The summed E-state index contributed by atoms with van der Waals surface area (Å²) in [5.74, 6) is 1.80. The Morgan fingerprint density at radius 3 is 2.84 bits per heavy atom. The number of hydrogen-bond donors (Lipinski definition) is 1. The van der Waals surface area contributed by atoms with Crippen LogP contribution in [0.4, 0.5) is 5.82 Å². The van der Waals surface area contributed by atoms with Crippen molar-refractivity contribution in [1.29, 1.82) is 0 Å². The first-order valence-electron chi connectivity index (χ1n) is 13.4. The lowest BCUT2D eigenvalue weighted by molar-refractivity contribution is 0.102. The Morgan fingerprint density at radius 2 is 2.08 bits per heavy atom. The number of nitrogens with one attached hydrogen (secondary N) is 1. The Morgan fingerprint density at radius 1 is 1.19 bits per heavy atom. The number of nitrogens with zero attached hydrogens (tertiary/aromatic N) is 7. The van der Waals surface area contributed by atoms with Crippen LogP contribution in [0, 0.1) is 12.8 Å². The van der Waals surface area contributed by atoms with Gasteiger partial charge in [-0.1, -0.05) is 19.9 Å². The van der Waals surface area contributed by atoms with E-state index in [0.29, 0.717) is 28.9 Å². The van der Waals surface area contributed by atoms with E-state index in [0.717, 1.165) is 43.1 Å². The summed E-state index contributed by atoms with van der Waals surface area (Å²) in [5.41, 5.74) is 2.92. The number of aromatic nitrogens is 6. The third-order valence-corrected chi connectivity index (χ3v) is 7.21. The first-order valence-corrected chi connectivity index (χ1v) is 13.4. The van der Waals surface area contributed by atoms with Gasteiger partial charge in [0.1, 0.15) is 11.4 Å². The zero-order valence-corrected chi connectivity index (χ0v) is 22.0. The second-order valence-corrected chi connectivity index (χ2v) is 10.2. The number of amides is 1. The molecule has 9 nitrogen and oxygen atoms in total. The van der Waals surface area contributed by atoms with Gasteiger partial charge in [-0.25, -0.2) is 14.5 Å². The van der Waals surface area contributed by atoms with Gasteiger partial charge in [-0.05, 0) is 82.2 Å². The molecule has 1 unspecified atom stereocenters. The molecule has 0 aliphatic heterocycles. The van der Waals surface area contributed by atoms with Crippen molar-refractivity contribution in [2.75, 3.05) is 18.4 Å². The second kappa shape index (κ2) is 11.2. The van der Waals surface area contributed by atoms with Gasteiger partial charge in [-0.3, -0.25) is 4.79 Å². The standard InChI is InChI=1S/C28H36N8O/c1-4-13-34(23-10-8-20(2)16-23)14-5-7-22-17-26(36(33-22)25-11-9-21(3)18-30-25)32-28(37)24-19-31-35-15-6-12-29-27(24)35/h6,9,11-12,15,17-20,23H,4-5,7-8,10,13-14,16H2,1-3H3,(H,32,37)/t20-,23?/m0/s1. The summed E-state index contributed by atoms with van der Waals surface area (Å²) >= 11 is 0. The van der Waals surface area contributed by atoms with Crippen LogP contribution in [0.5, 0.6) is 0 Å². The number of anilines is 1. The lowest BCUT2D eigenvalue weighted by Crippen LogP contribution is -2.35. The van der Waals surface area contributed by atoms with E-state index in [-0.39, 0.29) is 5.91 Å². The molecule has 194 valence electrons. The lowest BCUT2D eigenvalue weighted by Gasteiger charge is -2.28. The molecule has 1 amide bonds. The number of pyridine rings is 1. The Hall–Kier alpha value is -3.59. The molecule has 1 aliphatic rings. The van der Waals surface area contributed by atoms with E-state index in [1.54, 1.807) is 27.7 Å². The van der Waals surface area contributed by atoms with E-state index < -0.39 is 0 Å². The molecule has 0 saturated heterocycles. The third kappa shape index (κ3) is 5.72. The maximum atomic E-state index is 13.2. The van der Waals surface area contributed by atoms with Crippen molar-refractivity contribution < 1.29 is 4.79 Å². The minimum atomic E-state index is -0.280. The highest BCUT2D eigenvalue weighted by Gasteiger charge is 2.26. The number of hydrogen-bond acceptors (Lipinski definition) is 6. The lowest BCUT2D eigenvalue weighted by atomic mass is 10.1. The van der Waals surface area contributed by atoms with Crippen LogP contribution in [-0.2, 0) is 6.42 Å². The van der Waals surface area contributed by atoms with Gasteiger partial charge in [0.25, 0.3) is 5.91 Å². The first kappa shape index (κ1) is 25.1. The van der Waals surface area contributed by atoms with Gasteiger partial charge in [-0.15, -0.1) is 0 Å². The number of aryl methyl sites for hydroxylation is 2. The van der Waals surface area contributed by atoms with Crippen molar-refractivity contribution in [2.45, 2.75) is 65.3 Å². The van der Waals surface area contributed by atoms with E-state index in [1.807, 2.05) is 31.3 Å². The van der Waals surface area contributed by atoms with Crippen LogP contribution < -0.4 is 5.32 Å². The molecule has 5 rings (SSSR count). The highest BCUT2D eigenvalue weighted by Crippen LogP contribution is 2.29. The van der Waals surface area contributed by atoms with Crippen LogP contribution in [0.15, 0.2) is 49.1 Å². The fraction of sp³-hybridized carbons (Fsp3) is 0.464. The van der Waals surface area contributed by atoms with Crippen LogP contribution in [0.25, 0.3) is 11.5 Å². The molecule has 4 aromatic rings. The van der Waals surface area contributed by atoms with Crippen LogP contribution in [0.1, 0.15) is 67.6 Å². The number of carbonyl (C=O) groups excluding carboxylic acids is 1. The average molecular weight is 501 g/mol. The molecule has 0 aromatic carbocycles. The predicted octanol–water partition coefficient (Wildman–Crippen LogP) is 4.70. The van der Waals surface area contributed by atoms with Crippen molar-refractivity contribution in [3.05, 3.63) is 65.9 Å². The van der Waals surface area contributed by atoms with Gasteiger partial charge in [0.05, 0.1) is 11.9 Å². The minimum absolute atomic E-state index is 0.280. The molecule has 4 heterocycles. The summed E-state index contributed by atoms with van der Waals surface area (Å²) in [6, 6.07) is 8.36. The van der Waals surface area contributed by atoms with E-state index in [1.165, 1.54) is 31.9 Å². The molecule has 0 radical (unpaired) electrons. The molecular weight excluding hydrogens is 464 g/mol. The largest absolute Gasteiger partial charge is 0.306 e. The van der Waals surface area contributed by atoms with Crippen molar-refractivity contribution in [2.24, 2.45) is 5.92 Å². The van der Waals surface area contributed by atoms with Crippen molar-refractivity contribution >= 4 is 17.4 Å². The Kier molecular flexibility index (Phi) is 7.60. The topological polar surface area (TPSA) is 93.2 Å². The molecule has 1 aliphatic carbocycles. The molecule has 1 saturated carbocycles. The van der Waals surface area contributed by atoms with Crippen molar-refractivity contribution in [1.82, 2.24) is 34.3 Å².